The smallest absolute Gasteiger partial charge is 0.237 e. The number of aliphatic imine (C=N–C) groups is 1. The second kappa shape index (κ2) is 11.5. The van der Waals surface area contributed by atoms with E-state index in [2.05, 4.69) is 68.3 Å². The molecular formula is C32H39ClN4O2S2. The van der Waals surface area contributed by atoms with Gasteiger partial charge in [0.1, 0.15) is 5.54 Å². The largest absolute Gasteiger partial charge is 0.435 e. The van der Waals surface area contributed by atoms with Gasteiger partial charge in [0.15, 0.2) is 5.76 Å². The zero-order valence-electron chi connectivity index (χ0n) is 24.6. The zero-order chi connectivity index (χ0) is 29.5. The molecule has 3 heterocycles. The highest BCUT2D eigenvalue weighted by Crippen LogP contribution is 2.43. The topological polar surface area (TPSA) is 84.7 Å². The van der Waals surface area contributed by atoms with Gasteiger partial charge in [-0.2, -0.15) is 0 Å². The minimum absolute atomic E-state index is 0.218. The molecule has 2 N–H and O–H groups in total. The monoisotopic (exact) mass is 610 g/mol. The molecule has 0 saturated carbocycles. The van der Waals surface area contributed by atoms with Gasteiger partial charge in [0.2, 0.25) is 11.9 Å². The Hall–Kier alpha value is -2.81. The Labute approximate surface area is 253 Å². The summed E-state index contributed by atoms with van der Waals surface area (Å²) in [7, 11) is -0.817. The van der Waals surface area contributed by atoms with Gasteiger partial charge in [-0.25, -0.2) is 14.2 Å². The Morgan fingerprint density at radius 1 is 1.27 bits per heavy atom. The molecule has 1 aliphatic heterocycles. The molecule has 9 heteroatoms. The van der Waals surface area contributed by atoms with Crippen LogP contribution in [-0.4, -0.2) is 38.1 Å². The number of rotatable bonds is 5. The summed E-state index contributed by atoms with van der Waals surface area (Å²) >= 11 is 8.17. The normalized spacial score (nSPS) is 27.0. The number of halogens is 1. The first-order chi connectivity index (χ1) is 19.4. The molecule has 218 valence electrons. The number of aryl methyl sites for hydroxylation is 1. The van der Waals surface area contributed by atoms with Crippen LogP contribution >= 0.6 is 22.9 Å². The molecule has 0 amide bonds. The summed E-state index contributed by atoms with van der Waals surface area (Å²) in [6, 6.07) is 10.6. The van der Waals surface area contributed by atoms with Gasteiger partial charge in [0, 0.05) is 24.2 Å². The molecule has 2 aliphatic rings. The molecule has 1 aromatic carbocycles. The Balaban J connectivity index is 1.43. The molecule has 6 nitrogen and oxygen atoms in total. The molecule has 0 radical (unpaired) electrons. The van der Waals surface area contributed by atoms with Gasteiger partial charge < -0.3 is 10.2 Å². The Bertz CT molecular complexity index is 1660. The fourth-order valence-electron chi connectivity index (χ4n) is 5.50. The van der Waals surface area contributed by atoms with Crippen molar-refractivity contribution in [3.63, 3.8) is 0 Å². The molecule has 5 rings (SSSR count). The average Bonchev–Trinajstić information content (AvgIpc) is 3.56. The predicted molar refractivity (Wildman–Crippen MR) is 175 cm³/mol. The predicted octanol–water partition coefficient (Wildman–Crippen LogP) is 7.80. The van der Waals surface area contributed by atoms with Crippen molar-refractivity contribution in [3.8, 4) is 22.1 Å². The van der Waals surface area contributed by atoms with Crippen LogP contribution in [0.25, 0.3) is 22.1 Å². The van der Waals surface area contributed by atoms with E-state index in [1.165, 1.54) is 39.6 Å². The van der Waals surface area contributed by atoms with Gasteiger partial charge in [0.05, 0.1) is 30.2 Å². The number of thiophene rings is 1. The van der Waals surface area contributed by atoms with E-state index in [0.29, 0.717) is 22.7 Å². The molecular weight excluding hydrogens is 572 g/mol. The summed E-state index contributed by atoms with van der Waals surface area (Å²) in [4.78, 5) is 11.0. The van der Waals surface area contributed by atoms with Gasteiger partial charge >= 0.3 is 0 Å². The number of guanidine groups is 1. The zero-order valence-corrected chi connectivity index (χ0v) is 27.0. The highest BCUT2D eigenvalue weighted by molar-refractivity contribution is 7.99. The lowest BCUT2D eigenvalue weighted by atomic mass is 9.87. The van der Waals surface area contributed by atoms with Crippen molar-refractivity contribution in [1.82, 2.24) is 9.29 Å². The van der Waals surface area contributed by atoms with E-state index in [4.69, 9.17) is 26.7 Å². The SMILES string of the molecule is CCc1nc(-c2cc(Cl)c(C3(C)C=S(C)(=O)N(C)C(N)=N3)s2)oc1-c1ccc(C2CC=CC=C(C)C(C)CC2)cc1. The van der Waals surface area contributed by atoms with Crippen molar-refractivity contribution in [2.24, 2.45) is 16.6 Å². The molecule has 3 aromatic rings. The number of nitrogens with zero attached hydrogens (tertiary/aromatic N) is 3. The number of hydrogen-bond donors (Lipinski definition) is 1. The number of aromatic nitrogens is 1. The highest BCUT2D eigenvalue weighted by Gasteiger charge is 2.36. The minimum atomic E-state index is -2.50. The van der Waals surface area contributed by atoms with E-state index in [9.17, 15) is 4.21 Å². The van der Waals surface area contributed by atoms with Gasteiger partial charge in [-0.1, -0.05) is 73.5 Å². The van der Waals surface area contributed by atoms with Crippen molar-refractivity contribution in [2.45, 2.75) is 64.8 Å². The summed E-state index contributed by atoms with van der Waals surface area (Å²) in [5.41, 5.74) is 9.93. The number of oxazole rings is 1. The first-order valence-corrected chi connectivity index (χ1v) is 17.3. The summed E-state index contributed by atoms with van der Waals surface area (Å²) < 4.78 is 21.1. The third-order valence-electron chi connectivity index (χ3n) is 8.34. The summed E-state index contributed by atoms with van der Waals surface area (Å²) in [5.74, 6) is 2.61. The molecule has 41 heavy (non-hydrogen) atoms. The van der Waals surface area contributed by atoms with Gasteiger partial charge in [0.25, 0.3) is 0 Å². The molecule has 2 aromatic heterocycles. The van der Waals surface area contributed by atoms with Crippen LogP contribution in [0.5, 0.6) is 0 Å². The molecule has 4 unspecified atom stereocenters. The molecule has 0 saturated heterocycles. The highest BCUT2D eigenvalue weighted by atomic mass is 35.5. The number of nitrogens with two attached hydrogens (primary N) is 1. The molecule has 4 atom stereocenters. The maximum absolute atomic E-state index is 13.2. The van der Waals surface area contributed by atoms with Crippen molar-refractivity contribution in [3.05, 3.63) is 75.3 Å². The van der Waals surface area contributed by atoms with Gasteiger partial charge in [-0.15, -0.1) is 11.3 Å². The Kier molecular flexibility index (Phi) is 8.30. The van der Waals surface area contributed by atoms with E-state index in [0.717, 1.165) is 39.6 Å². The summed E-state index contributed by atoms with van der Waals surface area (Å²) in [6.07, 6.45) is 12.5. The number of hydrogen-bond acceptors (Lipinski definition) is 6. The minimum Gasteiger partial charge on any atom is -0.435 e. The molecule has 0 spiro atoms. The standard InChI is InChI=1S/C32H39ClN4O2S2/c1-7-26-28(24-16-14-23(15-17-24)22-11-9-8-10-20(2)21(3)12-13-22)39-30(35-26)27-18-25(33)29(40-27)32(4)19-41(6,38)37(5)31(34)36-32/h8-10,14-19,21-22H,7,11-13H2,1-6H3,(H2,34,36). The first kappa shape index (κ1) is 29.7. The van der Waals surface area contributed by atoms with E-state index >= 15 is 0 Å². The molecule has 1 aliphatic carbocycles. The third-order valence-corrected chi connectivity index (χ3v) is 12.3. The van der Waals surface area contributed by atoms with Crippen LogP contribution in [-0.2, 0) is 21.7 Å². The Morgan fingerprint density at radius 3 is 2.68 bits per heavy atom. The van der Waals surface area contributed by atoms with Gasteiger partial charge in [-0.3, -0.25) is 4.31 Å². The van der Waals surface area contributed by atoms with Crippen molar-refractivity contribution in [1.29, 1.82) is 0 Å². The fourth-order valence-corrected chi connectivity index (χ4v) is 8.69. The maximum atomic E-state index is 13.2. The van der Waals surface area contributed by atoms with Crippen LogP contribution in [0.3, 0.4) is 0 Å². The summed E-state index contributed by atoms with van der Waals surface area (Å²) in [5, 5.41) is 2.25. The van der Waals surface area contributed by atoms with Crippen LogP contribution < -0.4 is 5.73 Å². The number of allylic oxidation sites excluding steroid dienone is 4. The van der Waals surface area contributed by atoms with Crippen LogP contribution in [0.1, 0.15) is 69.0 Å². The Morgan fingerprint density at radius 2 is 2.00 bits per heavy atom. The second-order valence-electron chi connectivity index (χ2n) is 11.4. The van der Waals surface area contributed by atoms with Gasteiger partial charge in [-0.05, 0) is 63.0 Å². The lowest BCUT2D eigenvalue weighted by Crippen LogP contribution is -2.47. The summed E-state index contributed by atoms with van der Waals surface area (Å²) in [6.45, 7) is 8.51. The molecule has 0 fully saturated rings. The fraction of sp³-hybridized carbons (Fsp3) is 0.406. The number of benzene rings is 1. The van der Waals surface area contributed by atoms with Crippen molar-refractivity contribution < 1.29 is 8.63 Å². The lowest BCUT2D eigenvalue weighted by Gasteiger charge is -2.32. The molecule has 0 bridgehead atoms. The van der Waals surface area contributed by atoms with Crippen molar-refractivity contribution in [2.75, 3.05) is 13.3 Å². The third kappa shape index (κ3) is 5.92. The average molecular weight is 611 g/mol. The van der Waals surface area contributed by atoms with Crippen LogP contribution in [0.15, 0.2) is 63.5 Å². The van der Waals surface area contributed by atoms with Crippen LogP contribution in [0.4, 0.5) is 0 Å². The maximum Gasteiger partial charge on any atom is 0.237 e. The van der Waals surface area contributed by atoms with E-state index in [1.807, 2.05) is 13.0 Å². The quantitative estimate of drug-likeness (QED) is 0.299. The first-order valence-electron chi connectivity index (χ1n) is 14.1. The van der Waals surface area contributed by atoms with E-state index in [-0.39, 0.29) is 5.96 Å². The van der Waals surface area contributed by atoms with E-state index < -0.39 is 15.2 Å². The van der Waals surface area contributed by atoms with Crippen LogP contribution in [0.2, 0.25) is 5.02 Å². The lowest BCUT2D eigenvalue weighted by molar-refractivity contribution is 0.519. The van der Waals surface area contributed by atoms with Crippen molar-refractivity contribution >= 4 is 44.0 Å². The van der Waals surface area contributed by atoms with Crippen LogP contribution in [0, 0.1) is 5.92 Å². The second-order valence-corrected chi connectivity index (χ2v) is 15.4. The van der Waals surface area contributed by atoms with E-state index in [1.54, 1.807) is 18.7 Å².